The highest BCUT2D eigenvalue weighted by Gasteiger charge is 2.56. The van der Waals surface area contributed by atoms with E-state index in [4.69, 9.17) is 9.32 Å². The first-order chi connectivity index (χ1) is 12.7. The van der Waals surface area contributed by atoms with Crippen LogP contribution in [-0.4, -0.2) is 21.4 Å². The number of hydrogen-bond donors (Lipinski definition) is 2. The van der Waals surface area contributed by atoms with Crippen molar-refractivity contribution in [1.82, 2.24) is 5.32 Å². The van der Waals surface area contributed by atoms with E-state index in [-0.39, 0.29) is 23.0 Å². The van der Waals surface area contributed by atoms with Crippen molar-refractivity contribution in [2.45, 2.75) is 51.4 Å². The molecule has 2 saturated carbocycles. The lowest BCUT2D eigenvalue weighted by molar-refractivity contribution is -0.129. The maximum atomic E-state index is 12.4. The molecule has 7 heteroatoms. The molecule has 1 amide bonds. The Balaban J connectivity index is 1.61. The van der Waals surface area contributed by atoms with E-state index in [0.717, 1.165) is 38.5 Å². The highest BCUT2D eigenvalue weighted by Crippen LogP contribution is 2.63. The minimum atomic E-state index is -4.00. The lowest BCUT2D eigenvalue weighted by Crippen LogP contribution is -2.45. The summed E-state index contributed by atoms with van der Waals surface area (Å²) >= 11 is 0. The second-order valence-corrected chi connectivity index (χ2v) is 9.79. The Hall–Kier alpha value is -1.60. The third-order valence-electron chi connectivity index (χ3n) is 7.47. The molecule has 4 rings (SSSR count). The summed E-state index contributed by atoms with van der Waals surface area (Å²) in [6, 6.07) is 5.55. The first kappa shape index (κ1) is 18.7. The fourth-order valence-electron chi connectivity index (χ4n) is 6.35. The number of carbonyl (C=O) groups is 1. The van der Waals surface area contributed by atoms with Crippen molar-refractivity contribution in [2.75, 3.05) is 7.05 Å². The molecule has 27 heavy (non-hydrogen) atoms. The highest BCUT2D eigenvalue weighted by atomic mass is 32.2. The predicted molar refractivity (Wildman–Crippen MR) is 102 cm³/mol. The van der Waals surface area contributed by atoms with Gasteiger partial charge in [0.1, 0.15) is 5.75 Å². The van der Waals surface area contributed by atoms with Gasteiger partial charge in [0.2, 0.25) is 5.91 Å². The fraction of sp³-hybridized carbons (Fsp3) is 0.650. The van der Waals surface area contributed by atoms with Crippen molar-refractivity contribution in [2.24, 2.45) is 28.3 Å². The SMILES string of the molecule is CNC(=O)[C@H]1CCC2C3CCc4cc(OS(N)(=O)=O)ccc4C3CC[C@@]21C. The monoisotopic (exact) mass is 392 g/mol. The zero-order valence-corrected chi connectivity index (χ0v) is 16.7. The predicted octanol–water partition coefficient (Wildman–Crippen LogP) is 2.49. The average molecular weight is 393 g/mol. The molecule has 0 radical (unpaired) electrons. The summed E-state index contributed by atoms with van der Waals surface area (Å²) in [5.74, 6) is 2.26. The lowest BCUT2D eigenvalue weighted by atomic mass is 9.54. The summed E-state index contributed by atoms with van der Waals surface area (Å²) in [5.41, 5.74) is 2.58. The molecule has 3 aliphatic rings. The number of amides is 1. The Bertz CT molecular complexity index is 869. The maximum Gasteiger partial charge on any atom is 0.380 e. The van der Waals surface area contributed by atoms with Gasteiger partial charge in [-0.25, -0.2) is 0 Å². The topological polar surface area (TPSA) is 98.5 Å². The van der Waals surface area contributed by atoms with Crippen LogP contribution in [0.5, 0.6) is 5.75 Å². The molecule has 0 saturated heterocycles. The van der Waals surface area contributed by atoms with Crippen molar-refractivity contribution in [3.63, 3.8) is 0 Å². The van der Waals surface area contributed by atoms with Crippen molar-refractivity contribution < 1.29 is 17.4 Å². The third kappa shape index (κ3) is 3.14. The lowest BCUT2D eigenvalue weighted by Gasteiger charge is -2.50. The highest BCUT2D eigenvalue weighted by molar-refractivity contribution is 7.84. The summed E-state index contributed by atoms with van der Waals surface area (Å²) in [6.07, 6.45) is 6.24. The molecule has 6 nitrogen and oxygen atoms in total. The fourth-order valence-corrected chi connectivity index (χ4v) is 6.72. The average Bonchev–Trinajstić information content (AvgIpc) is 2.96. The smallest absolute Gasteiger partial charge is 0.371 e. The zero-order valence-electron chi connectivity index (χ0n) is 15.9. The van der Waals surface area contributed by atoms with Crippen LogP contribution >= 0.6 is 0 Å². The normalized spacial score (nSPS) is 34.9. The number of nitrogens with two attached hydrogens (primary N) is 1. The van der Waals surface area contributed by atoms with E-state index in [0.29, 0.717) is 17.8 Å². The van der Waals surface area contributed by atoms with Gasteiger partial charge < -0.3 is 9.50 Å². The maximum absolute atomic E-state index is 12.4. The molecule has 0 aliphatic heterocycles. The van der Waals surface area contributed by atoms with Gasteiger partial charge >= 0.3 is 10.3 Å². The van der Waals surface area contributed by atoms with Crippen LogP contribution in [0.4, 0.5) is 0 Å². The van der Waals surface area contributed by atoms with Crippen LogP contribution in [0.3, 0.4) is 0 Å². The molecule has 0 bridgehead atoms. The number of nitrogens with one attached hydrogen (secondary N) is 1. The van der Waals surface area contributed by atoms with Gasteiger partial charge in [0.05, 0.1) is 0 Å². The summed E-state index contributed by atoms with van der Waals surface area (Å²) in [6.45, 7) is 2.32. The standard InChI is InChI=1S/C20H28N2O4S/c1-20-10-9-15-14-6-4-13(26-27(21,24)25)11-12(14)3-5-16(15)17(20)7-8-18(20)19(23)22-2/h4,6,11,15-18H,3,5,7-10H2,1-2H3,(H,22,23)(H2,21,24,25)/t15?,16?,17?,18-,20+/m1/s1. The number of hydrogen-bond acceptors (Lipinski definition) is 4. The van der Waals surface area contributed by atoms with Gasteiger partial charge in [-0.1, -0.05) is 13.0 Å². The molecule has 2 fully saturated rings. The molecule has 1 aromatic rings. The number of aryl methyl sites for hydroxylation is 1. The first-order valence-electron chi connectivity index (χ1n) is 9.79. The molecule has 1 aromatic carbocycles. The van der Waals surface area contributed by atoms with Crippen molar-refractivity contribution in [3.05, 3.63) is 29.3 Å². The van der Waals surface area contributed by atoms with Crippen LogP contribution in [0.1, 0.15) is 56.1 Å². The van der Waals surface area contributed by atoms with Gasteiger partial charge in [0.25, 0.3) is 0 Å². The van der Waals surface area contributed by atoms with E-state index in [2.05, 4.69) is 12.2 Å². The minimum absolute atomic E-state index is 0.0927. The second kappa shape index (κ2) is 6.48. The number of rotatable bonds is 3. The van der Waals surface area contributed by atoms with Gasteiger partial charge in [0.15, 0.2) is 0 Å². The van der Waals surface area contributed by atoms with E-state index in [9.17, 15) is 13.2 Å². The van der Waals surface area contributed by atoms with E-state index >= 15 is 0 Å². The van der Waals surface area contributed by atoms with Crippen molar-refractivity contribution in [3.8, 4) is 5.75 Å². The molecule has 3 N–H and O–H groups in total. The van der Waals surface area contributed by atoms with Crippen LogP contribution in [0.25, 0.3) is 0 Å². The van der Waals surface area contributed by atoms with Gasteiger partial charge in [-0.2, -0.15) is 13.6 Å². The van der Waals surface area contributed by atoms with Crippen LogP contribution in [0, 0.1) is 23.2 Å². The molecule has 0 spiro atoms. The van der Waals surface area contributed by atoms with Crippen LogP contribution in [0.2, 0.25) is 0 Å². The van der Waals surface area contributed by atoms with E-state index in [1.54, 1.807) is 13.1 Å². The van der Waals surface area contributed by atoms with Crippen molar-refractivity contribution in [1.29, 1.82) is 0 Å². The third-order valence-corrected chi connectivity index (χ3v) is 7.90. The van der Waals surface area contributed by atoms with Crippen molar-refractivity contribution >= 4 is 16.2 Å². The van der Waals surface area contributed by atoms with Gasteiger partial charge in [-0.05, 0) is 85.0 Å². The largest absolute Gasteiger partial charge is 0.380 e. The Morgan fingerprint density at radius 1 is 1.26 bits per heavy atom. The molecule has 148 valence electrons. The minimum Gasteiger partial charge on any atom is -0.371 e. The molecule has 0 aromatic heterocycles. The summed E-state index contributed by atoms with van der Waals surface area (Å²) < 4.78 is 27.2. The molecule has 3 aliphatic carbocycles. The van der Waals surface area contributed by atoms with Crippen LogP contribution in [0.15, 0.2) is 18.2 Å². The Morgan fingerprint density at radius 3 is 2.74 bits per heavy atom. The van der Waals surface area contributed by atoms with E-state index in [1.807, 2.05) is 12.1 Å². The summed E-state index contributed by atoms with van der Waals surface area (Å²) in [7, 11) is -2.26. The molecule has 0 heterocycles. The first-order valence-corrected chi connectivity index (χ1v) is 11.3. The Labute approximate surface area is 161 Å². The summed E-state index contributed by atoms with van der Waals surface area (Å²) in [5, 5.41) is 7.85. The van der Waals surface area contributed by atoms with E-state index < -0.39 is 10.3 Å². The number of carbonyl (C=O) groups excluding carboxylic acids is 1. The molecule has 5 atom stereocenters. The molecular formula is C20H28N2O4S. The second-order valence-electron chi connectivity index (χ2n) is 8.64. The van der Waals surface area contributed by atoms with Gasteiger partial charge in [-0.3, -0.25) is 4.79 Å². The Morgan fingerprint density at radius 2 is 2.04 bits per heavy atom. The molecular weight excluding hydrogens is 364 g/mol. The van der Waals surface area contributed by atoms with Gasteiger partial charge in [-0.15, -0.1) is 0 Å². The van der Waals surface area contributed by atoms with E-state index in [1.165, 1.54) is 11.1 Å². The van der Waals surface area contributed by atoms with Crippen LogP contribution < -0.4 is 14.6 Å². The number of fused-ring (bicyclic) bond motifs is 5. The summed E-state index contributed by atoms with van der Waals surface area (Å²) in [4.78, 5) is 12.4. The zero-order chi connectivity index (χ0) is 19.4. The quantitative estimate of drug-likeness (QED) is 0.825. The number of benzene rings is 1. The Kier molecular flexibility index (Phi) is 4.50. The van der Waals surface area contributed by atoms with Crippen LogP contribution in [-0.2, 0) is 21.5 Å². The molecule has 3 unspecified atom stereocenters. The van der Waals surface area contributed by atoms with Gasteiger partial charge in [0, 0.05) is 13.0 Å².